The highest BCUT2D eigenvalue weighted by atomic mass is 19.2. The molecule has 1 heterocycles. The lowest BCUT2D eigenvalue weighted by Crippen LogP contribution is -2.59. The average Bonchev–Trinajstić information content (AvgIpc) is 3.42. The Morgan fingerprint density at radius 1 is 0.373 bits per heavy atom. The SMILES string of the molecule is C[C@@H]1C[C@@H]([BH-](c2c(F)c(F)c(F)c(F)c2F)c2c(F)c(F)c(F)c(F)c2F)B(c2c(F)c(F)c(F)c(F)c2F)[C@H]1c1c(F)c(F)c(F)c(F)c1F. The number of hydrogen-bond donors (Lipinski definition) is 0. The van der Waals surface area contributed by atoms with Gasteiger partial charge in [-0.15, -0.1) is 10.9 Å². The van der Waals surface area contributed by atoms with Gasteiger partial charge in [0, 0.05) is 5.56 Å². The molecule has 0 aliphatic carbocycles. The van der Waals surface area contributed by atoms with Crippen LogP contribution in [0.3, 0.4) is 0 Å². The zero-order valence-electron chi connectivity index (χ0n) is 24.3. The molecule has 22 heteroatoms. The van der Waals surface area contributed by atoms with E-state index in [4.69, 9.17) is 0 Å². The third kappa shape index (κ3) is 5.33. The molecular formula is C29H9B2F20-. The minimum Gasteiger partial charge on any atom is -0.207 e. The van der Waals surface area contributed by atoms with E-state index in [1.807, 2.05) is 0 Å². The van der Waals surface area contributed by atoms with Crippen LogP contribution in [-0.2, 0) is 0 Å². The molecule has 0 spiro atoms. The maximum atomic E-state index is 15.5. The van der Waals surface area contributed by atoms with E-state index in [9.17, 15) is 52.7 Å². The molecule has 0 unspecified atom stereocenters. The summed E-state index contributed by atoms with van der Waals surface area (Å²) in [5.74, 6) is -64.0. The summed E-state index contributed by atoms with van der Waals surface area (Å²) >= 11 is 0. The highest BCUT2D eigenvalue weighted by Crippen LogP contribution is 2.49. The van der Waals surface area contributed by atoms with E-state index >= 15 is 35.1 Å². The Kier molecular flexibility index (Phi) is 9.64. The predicted octanol–water partition coefficient (Wildman–Crippen LogP) is 7.48. The van der Waals surface area contributed by atoms with E-state index in [1.165, 1.54) is 0 Å². The normalized spacial score (nSPS) is 17.8. The fourth-order valence-electron chi connectivity index (χ4n) is 7.22. The predicted molar refractivity (Wildman–Crippen MR) is 137 cm³/mol. The minimum absolute atomic E-state index is 0.648. The van der Waals surface area contributed by atoms with Crippen molar-refractivity contribution in [2.24, 2.45) is 5.92 Å². The van der Waals surface area contributed by atoms with Crippen molar-refractivity contribution in [3.8, 4) is 0 Å². The summed E-state index contributed by atoms with van der Waals surface area (Å²) in [5.41, 5.74) is -12.4. The standard InChI is InChI=1S/C29H9B2F20/c1-3-2-4(31(8-14(36)22(44)28(50)23(45)15(8)37)9-16(38)24(46)29(51)25(47)17(9)39)30(7-12(34)20(42)27(49)21(43)13(7)35)6(3)5-10(32)18(40)26(48)19(41)11(5)33/h3-4,6,31H,2H2,1H3/q-1/t3-,4-,6-/m1/s1. The van der Waals surface area contributed by atoms with Gasteiger partial charge in [-0.2, -0.15) is 5.72 Å². The molecule has 4 aromatic rings. The third-order valence-electron chi connectivity index (χ3n) is 9.22. The van der Waals surface area contributed by atoms with Gasteiger partial charge in [0.05, 0.1) is 6.71 Å². The molecule has 1 saturated heterocycles. The van der Waals surface area contributed by atoms with Gasteiger partial charge in [0.2, 0.25) is 5.82 Å². The van der Waals surface area contributed by atoms with Crippen LogP contribution in [0.25, 0.3) is 0 Å². The van der Waals surface area contributed by atoms with Crippen molar-refractivity contribution in [2.75, 3.05) is 0 Å². The van der Waals surface area contributed by atoms with Gasteiger partial charge < -0.3 is 0 Å². The smallest absolute Gasteiger partial charge is 0.200 e. The summed E-state index contributed by atoms with van der Waals surface area (Å²) in [6.45, 7) is -7.59. The Bertz CT molecular complexity index is 1970. The van der Waals surface area contributed by atoms with Crippen LogP contribution in [0.2, 0.25) is 5.72 Å². The first-order valence-electron chi connectivity index (χ1n) is 13.9. The summed E-state index contributed by atoms with van der Waals surface area (Å²) in [5, 5.41) is 0. The van der Waals surface area contributed by atoms with Crippen molar-refractivity contribution in [1.82, 2.24) is 0 Å². The topological polar surface area (TPSA) is 0 Å². The lowest BCUT2D eigenvalue weighted by molar-refractivity contribution is 0.363. The monoisotopic (exact) mass is 759 g/mol. The summed E-state index contributed by atoms with van der Waals surface area (Å²) in [6, 6.07) is 0. The number of rotatable bonds is 5. The Morgan fingerprint density at radius 2 is 0.627 bits per heavy atom. The molecule has 3 atom stereocenters. The van der Waals surface area contributed by atoms with Crippen molar-refractivity contribution in [3.63, 3.8) is 0 Å². The van der Waals surface area contributed by atoms with Crippen molar-refractivity contribution in [3.05, 3.63) is 122 Å². The molecule has 0 radical (unpaired) electrons. The summed E-state index contributed by atoms with van der Waals surface area (Å²) in [6.07, 6.45) is -1.44. The molecule has 1 fully saturated rings. The van der Waals surface area contributed by atoms with Crippen LogP contribution in [0, 0.1) is 122 Å². The molecule has 5 rings (SSSR count). The molecule has 0 saturated carbocycles. The van der Waals surface area contributed by atoms with Crippen LogP contribution in [0.5, 0.6) is 0 Å². The second-order valence-corrected chi connectivity index (χ2v) is 11.7. The van der Waals surface area contributed by atoms with Gasteiger partial charge in [0.25, 0.3) is 0 Å². The summed E-state index contributed by atoms with van der Waals surface area (Å²) in [4.78, 5) is 0. The molecular weight excluding hydrogens is 750 g/mol. The number of hydrogen-bond acceptors (Lipinski definition) is 0. The van der Waals surface area contributed by atoms with E-state index in [0.717, 1.165) is 0 Å². The Balaban J connectivity index is 2.03. The molecule has 0 aromatic heterocycles. The van der Waals surface area contributed by atoms with Crippen molar-refractivity contribution >= 4 is 29.8 Å². The van der Waals surface area contributed by atoms with Gasteiger partial charge in [-0.25, -0.2) is 87.8 Å². The maximum Gasteiger partial charge on any atom is 0.200 e. The second-order valence-electron chi connectivity index (χ2n) is 11.7. The number of halogens is 20. The largest absolute Gasteiger partial charge is 0.207 e. The lowest BCUT2D eigenvalue weighted by Gasteiger charge is -2.37. The molecule has 0 nitrogen and oxygen atoms in total. The Morgan fingerprint density at radius 3 is 0.941 bits per heavy atom. The minimum atomic E-state index is -4.99. The van der Waals surface area contributed by atoms with Gasteiger partial charge in [-0.3, -0.25) is 0 Å². The van der Waals surface area contributed by atoms with E-state index in [-0.39, 0.29) is 0 Å². The first-order valence-corrected chi connectivity index (χ1v) is 13.9. The van der Waals surface area contributed by atoms with Gasteiger partial charge in [0.15, 0.2) is 94.0 Å². The average molecular weight is 759 g/mol. The molecule has 1 aliphatic heterocycles. The van der Waals surface area contributed by atoms with E-state index in [1.54, 1.807) is 0 Å². The fraction of sp³-hybridized carbons (Fsp3) is 0.172. The third-order valence-corrected chi connectivity index (χ3v) is 9.22. The molecule has 4 aromatic carbocycles. The maximum absolute atomic E-state index is 15.5. The molecule has 0 bridgehead atoms. The van der Waals surface area contributed by atoms with Gasteiger partial charge in [-0.1, -0.05) is 13.3 Å². The summed E-state index contributed by atoms with van der Waals surface area (Å²) < 4.78 is 295. The molecule has 272 valence electrons. The molecule has 0 N–H and O–H groups in total. The van der Waals surface area contributed by atoms with Crippen LogP contribution in [-0.4, -0.2) is 13.4 Å². The highest BCUT2D eigenvalue weighted by Gasteiger charge is 2.53. The van der Waals surface area contributed by atoms with E-state index in [2.05, 4.69) is 0 Å². The van der Waals surface area contributed by atoms with Gasteiger partial charge >= 0.3 is 0 Å². The molecule has 0 amide bonds. The number of benzene rings is 4. The Hall–Kier alpha value is -4.39. The van der Waals surface area contributed by atoms with Crippen molar-refractivity contribution in [1.29, 1.82) is 0 Å². The van der Waals surface area contributed by atoms with E-state index in [0.29, 0.717) is 6.92 Å². The quantitative estimate of drug-likeness (QED) is 0.0858. The first-order chi connectivity index (χ1) is 23.6. The Labute approximate surface area is 270 Å². The van der Waals surface area contributed by atoms with Crippen LogP contribution < -0.4 is 16.4 Å². The summed E-state index contributed by atoms with van der Waals surface area (Å²) in [7, 11) is 0. The van der Waals surface area contributed by atoms with Gasteiger partial charge in [-0.05, 0) is 17.2 Å². The fourth-order valence-corrected chi connectivity index (χ4v) is 7.22. The lowest BCUT2D eigenvalue weighted by atomic mass is 9.16. The molecule has 1 aliphatic rings. The van der Waals surface area contributed by atoms with Crippen molar-refractivity contribution < 1.29 is 87.8 Å². The zero-order chi connectivity index (χ0) is 38.5. The highest BCUT2D eigenvalue weighted by molar-refractivity contribution is 6.99. The van der Waals surface area contributed by atoms with E-state index < -0.39 is 176 Å². The second kappa shape index (κ2) is 13.0. The first kappa shape index (κ1) is 37.9. The van der Waals surface area contributed by atoms with Crippen molar-refractivity contribution in [2.45, 2.75) is 24.9 Å². The van der Waals surface area contributed by atoms with Gasteiger partial charge in [0.1, 0.15) is 23.3 Å². The van der Waals surface area contributed by atoms with Crippen LogP contribution >= 0.6 is 0 Å². The molecule has 51 heavy (non-hydrogen) atoms. The van der Waals surface area contributed by atoms with Crippen LogP contribution in [0.4, 0.5) is 87.8 Å². The van der Waals surface area contributed by atoms with Crippen LogP contribution in [0.15, 0.2) is 0 Å². The van der Waals surface area contributed by atoms with Crippen LogP contribution in [0.1, 0.15) is 24.7 Å². The zero-order valence-corrected chi connectivity index (χ0v) is 24.3.